The Kier molecular flexibility index (Phi) is 4.92. The van der Waals surface area contributed by atoms with Crippen molar-refractivity contribution in [3.63, 3.8) is 0 Å². The van der Waals surface area contributed by atoms with E-state index in [0.717, 1.165) is 36.2 Å². The van der Waals surface area contributed by atoms with Gasteiger partial charge in [-0.3, -0.25) is 14.5 Å². The van der Waals surface area contributed by atoms with Crippen molar-refractivity contribution in [1.29, 1.82) is 0 Å². The van der Waals surface area contributed by atoms with E-state index in [1.165, 1.54) is 0 Å². The molecule has 0 spiro atoms. The molecule has 3 heterocycles. The molecule has 0 unspecified atom stereocenters. The average Bonchev–Trinajstić information content (AvgIpc) is 3.28. The molecule has 0 radical (unpaired) electrons. The highest BCUT2D eigenvalue weighted by Crippen LogP contribution is 2.15. The summed E-state index contributed by atoms with van der Waals surface area (Å²) in [6.45, 7) is 2.72. The Morgan fingerprint density at radius 1 is 1.18 bits per heavy atom. The highest BCUT2D eigenvalue weighted by Gasteiger charge is 2.14. The van der Waals surface area contributed by atoms with Crippen LogP contribution < -0.4 is 10.9 Å². The molecule has 0 bridgehead atoms. The number of rotatable bonds is 7. The average molecular weight is 377 g/mol. The van der Waals surface area contributed by atoms with Gasteiger partial charge in [0.05, 0.1) is 17.6 Å². The zero-order valence-electron chi connectivity index (χ0n) is 16.0. The first-order valence-electron chi connectivity index (χ1n) is 9.44. The summed E-state index contributed by atoms with van der Waals surface area (Å²) in [6, 6.07) is 9.99. The Bertz CT molecular complexity index is 1140. The first-order chi connectivity index (χ1) is 13.7. The standard InChI is InChI=1S/C20H23N7O/c1-3-7-16-17-18(26(2)25-16)19(28)24-20(23-17)21-11-10-14-12-22-27(13-14)15-8-5-4-6-9-15/h4-6,8-9,12-13H,3,7,10-11H2,1-2H3,(H2,21,23,24,28). The molecule has 0 saturated heterocycles. The van der Waals surface area contributed by atoms with Crippen LogP contribution in [0.1, 0.15) is 24.6 Å². The van der Waals surface area contributed by atoms with Crippen LogP contribution in [0.2, 0.25) is 0 Å². The van der Waals surface area contributed by atoms with E-state index in [1.807, 2.05) is 47.4 Å². The third kappa shape index (κ3) is 3.53. The van der Waals surface area contributed by atoms with Crippen molar-refractivity contribution in [3.05, 3.63) is 64.3 Å². The first kappa shape index (κ1) is 18.0. The van der Waals surface area contributed by atoms with E-state index in [2.05, 4.69) is 32.4 Å². The molecule has 0 atom stereocenters. The molecule has 0 aliphatic carbocycles. The number of para-hydroxylation sites is 1. The lowest BCUT2D eigenvalue weighted by molar-refractivity contribution is 0.751. The third-order valence-electron chi connectivity index (χ3n) is 4.61. The van der Waals surface area contributed by atoms with Crippen LogP contribution in [0.3, 0.4) is 0 Å². The van der Waals surface area contributed by atoms with E-state index < -0.39 is 0 Å². The monoisotopic (exact) mass is 377 g/mol. The van der Waals surface area contributed by atoms with Gasteiger partial charge < -0.3 is 5.32 Å². The molecule has 8 nitrogen and oxygen atoms in total. The lowest BCUT2D eigenvalue weighted by Gasteiger charge is -2.05. The van der Waals surface area contributed by atoms with Gasteiger partial charge in [-0.15, -0.1) is 0 Å². The molecule has 0 fully saturated rings. The van der Waals surface area contributed by atoms with Crippen LogP contribution in [-0.2, 0) is 19.9 Å². The van der Waals surface area contributed by atoms with E-state index in [9.17, 15) is 4.79 Å². The second kappa shape index (κ2) is 7.67. The molecule has 4 rings (SSSR count). The summed E-state index contributed by atoms with van der Waals surface area (Å²) in [4.78, 5) is 19.8. The highest BCUT2D eigenvalue weighted by molar-refractivity contribution is 5.77. The van der Waals surface area contributed by atoms with E-state index in [4.69, 9.17) is 0 Å². The fraction of sp³-hybridized carbons (Fsp3) is 0.300. The number of nitrogens with one attached hydrogen (secondary N) is 2. The van der Waals surface area contributed by atoms with Gasteiger partial charge in [-0.25, -0.2) is 9.67 Å². The molecule has 0 amide bonds. The largest absolute Gasteiger partial charge is 0.355 e. The maximum absolute atomic E-state index is 12.4. The second-order valence-electron chi connectivity index (χ2n) is 6.74. The SMILES string of the molecule is CCCc1nn(C)c2c(=O)[nH]c(NCCc3cnn(-c4ccccc4)c3)nc12. The van der Waals surface area contributed by atoms with Crippen molar-refractivity contribution in [2.24, 2.45) is 7.05 Å². The van der Waals surface area contributed by atoms with E-state index in [1.54, 1.807) is 11.7 Å². The van der Waals surface area contributed by atoms with Gasteiger partial charge in [-0.2, -0.15) is 10.2 Å². The zero-order chi connectivity index (χ0) is 19.5. The van der Waals surface area contributed by atoms with Crippen LogP contribution >= 0.6 is 0 Å². The molecule has 4 aromatic rings. The van der Waals surface area contributed by atoms with Crippen molar-refractivity contribution >= 4 is 17.0 Å². The molecule has 28 heavy (non-hydrogen) atoms. The van der Waals surface area contributed by atoms with Gasteiger partial charge in [-0.1, -0.05) is 31.5 Å². The number of H-pyrrole nitrogens is 1. The predicted molar refractivity (Wildman–Crippen MR) is 109 cm³/mol. The van der Waals surface area contributed by atoms with Gasteiger partial charge >= 0.3 is 0 Å². The number of aromatic amines is 1. The van der Waals surface area contributed by atoms with Crippen LogP contribution in [0, 0.1) is 0 Å². The lowest BCUT2D eigenvalue weighted by Crippen LogP contribution is -2.16. The molecule has 0 aliphatic rings. The molecule has 3 aromatic heterocycles. The number of hydrogen-bond acceptors (Lipinski definition) is 5. The predicted octanol–water partition coefficient (Wildman–Crippen LogP) is 2.45. The van der Waals surface area contributed by atoms with E-state index in [0.29, 0.717) is 23.5 Å². The smallest absolute Gasteiger partial charge is 0.278 e. The van der Waals surface area contributed by atoms with Gasteiger partial charge in [-0.05, 0) is 30.5 Å². The summed E-state index contributed by atoms with van der Waals surface area (Å²) in [5.41, 5.74) is 4.00. The Morgan fingerprint density at radius 3 is 2.79 bits per heavy atom. The zero-order valence-corrected chi connectivity index (χ0v) is 16.0. The Morgan fingerprint density at radius 2 is 2.00 bits per heavy atom. The number of aromatic nitrogens is 6. The minimum absolute atomic E-state index is 0.179. The molecule has 2 N–H and O–H groups in total. The van der Waals surface area contributed by atoms with Crippen LogP contribution in [0.5, 0.6) is 0 Å². The van der Waals surface area contributed by atoms with Crippen molar-refractivity contribution < 1.29 is 0 Å². The fourth-order valence-corrected chi connectivity index (χ4v) is 3.27. The van der Waals surface area contributed by atoms with Crippen LogP contribution in [0.25, 0.3) is 16.7 Å². The minimum atomic E-state index is -0.179. The van der Waals surface area contributed by atoms with Gasteiger partial charge in [0.1, 0.15) is 5.52 Å². The van der Waals surface area contributed by atoms with Crippen LogP contribution in [0.15, 0.2) is 47.5 Å². The molecule has 0 aliphatic heterocycles. The van der Waals surface area contributed by atoms with Gasteiger partial charge in [0.2, 0.25) is 5.95 Å². The Hall–Kier alpha value is -3.42. The fourth-order valence-electron chi connectivity index (χ4n) is 3.27. The Balaban J connectivity index is 1.47. The van der Waals surface area contributed by atoms with Crippen molar-refractivity contribution in [2.45, 2.75) is 26.2 Å². The van der Waals surface area contributed by atoms with E-state index in [-0.39, 0.29) is 5.56 Å². The van der Waals surface area contributed by atoms with Crippen LogP contribution in [0.4, 0.5) is 5.95 Å². The van der Waals surface area contributed by atoms with Crippen molar-refractivity contribution in [1.82, 2.24) is 29.5 Å². The maximum Gasteiger partial charge on any atom is 0.278 e. The number of nitrogens with zero attached hydrogens (tertiary/aromatic N) is 5. The molecular weight excluding hydrogens is 354 g/mol. The topological polar surface area (TPSA) is 93.4 Å². The quantitative estimate of drug-likeness (QED) is 0.516. The molecule has 1 aromatic carbocycles. The molecule has 0 saturated carbocycles. The van der Waals surface area contributed by atoms with Gasteiger partial charge in [0.25, 0.3) is 5.56 Å². The number of aryl methyl sites for hydroxylation is 2. The number of hydrogen-bond donors (Lipinski definition) is 2. The summed E-state index contributed by atoms with van der Waals surface area (Å²) < 4.78 is 3.46. The first-order valence-corrected chi connectivity index (χ1v) is 9.44. The number of fused-ring (bicyclic) bond motifs is 1. The second-order valence-corrected chi connectivity index (χ2v) is 6.74. The summed E-state index contributed by atoms with van der Waals surface area (Å²) in [6.07, 6.45) is 6.38. The van der Waals surface area contributed by atoms with Crippen molar-refractivity contribution in [3.8, 4) is 5.69 Å². The molecule has 8 heteroatoms. The normalized spacial score (nSPS) is 11.2. The van der Waals surface area contributed by atoms with Gasteiger partial charge in [0, 0.05) is 19.8 Å². The Labute approximate surface area is 162 Å². The van der Waals surface area contributed by atoms with E-state index >= 15 is 0 Å². The summed E-state index contributed by atoms with van der Waals surface area (Å²) in [5, 5.41) is 12.1. The summed E-state index contributed by atoms with van der Waals surface area (Å²) in [7, 11) is 1.77. The van der Waals surface area contributed by atoms with Gasteiger partial charge in [0.15, 0.2) is 5.52 Å². The number of benzene rings is 1. The van der Waals surface area contributed by atoms with Crippen LogP contribution in [-0.4, -0.2) is 36.1 Å². The highest BCUT2D eigenvalue weighted by atomic mass is 16.1. The lowest BCUT2D eigenvalue weighted by atomic mass is 10.2. The van der Waals surface area contributed by atoms with Crippen molar-refractivity contribution in [2.75, 3.05) is 11.9 Å². The molecule has 144 valence electrons. The maximum atomic E-state index is 12.4. The minimum Gasteiger partial charge on any atom is -0.355 e. The third-order valence-corrected chi connectivity index (χ3v) is 4.61. The summed E-state index contributed by atoms with van der Waals surface area (Å²) >= 11 is 0. The summed E-state index contributed by atoms with van der Waals surface area (Å²) in [5.74, 6) is 0.471. The number of anilines is 1. The molecular formula is C20H23N7O.